The van der Waals surface area contributed by atoms with Crippen LogP contribution in [0.15, 0.2) is 64.6 Å². The molecule has 31 heavy (non-hydrogen) atoms. The monoisotopic (exact) mass is 456 g/mol. The van der Waals surface area contributed by atoms with Crippen LogP contribution in [0.5, 0.6) is 5.75 Å². The van der Waals surface area contributed by atoms with E-state index < -0.39 is 17.8 Å². The van der Waals surface area contributed by atoms with Crippen LogP contribution in [0.25, 0.3) is 17.4 Å². The van der Waals surface area contributed by atoms with Crippen molar-refractivity contribution in [1.82, 2.24) is 5.32 Å². The minimum absolute atomic E-state index is 0.230. The van der Waals surface area contributed by atoms with E-state index >= 15 is 0 Å². The number of benzene rings is 2. The van der Waals surface area contributed by atoms with Crippen molar-refractivity contribution < 1.29 is 23.5 Å². The van der Waals surface area contributed by atoms with Crippen molar-refractivity contribution in [2.75, 3.05) is 12.0 Å². The first-order valence-corrected chi connectivity index (χ1v) is 9.74. The highest BCUT2D eigenvalue weighted by molar-refractivity contribution is 6.39. The number of carbonyl (C=O) groups excluding carboxylic acids is 3. The first kappa shape index (κ1) is 20.7. The van der Waals surface area contributed by atoms with Crippen molar-refractivity contribution in [1.29, 1.82) is 0 Å². The molecule has 1 fully saturated rings. The fourth-order valence-corrected chi connectivity index (χ4v) is 3.41. The summed E-state index contributed by atoms with van der Waals surface area (Å²) in [6.07, 6.45) is 1.27. The van der Waals surface area contributed by atoms with Gasteiger partial charge in [0, 0.05) is 10.6 Å². The molecule has 0 unspecified atom stereocenters. The number of hydrogen-bond donors (Lipinski definition) is 1. The normalized spacial score (nSPS) is 15.4. The fraction of sp³-hybridized carbons (Fsp3) is 0.0455. The zero-order valence-electron chi connectivity index (χ0n) is 16.0. The first-order chi connectivity index (χ1) is 14.9. The lowest BCUT2D eigenvalue weighted by Gasteiger charge is -2.26. The summed E-state index contributed by atoms with van der Waals surface area (Å²) in [4.78, 5) is 38.4. The molecule has 0 radical (unpaired) electrons. The molecule has 4 rings (SSSR count). The molecule has 7 nitrogen and oxygen atoms in total. The minimum Gasteiger partial charge on any atom is -0.497 e. The van der Waals surface area contributed by atoms with Gasteiger partial charge < -0.3 is 9.15 Å². The third-order valence-electron chi connectivity index (χ3n) is 4.54. The molecule has 3 aromatic rings. The van der Waals surface area contributed by atoms with Crippen LogP contribution in [0, 0.1) is 0 Å². The van der Waals surface area contributed by atoms with E-state index in [-0.39, 0.29) is 17.0 Å². The van der Waals surface area contributed by atoms with Crippen molar-refractivity contribution >= 4 is 52.8 Å². The lowest BCUT2D eigenvalue weighted by Crippen LogP contribution is -2.54. The van der Waals surface area contributed by atoms with Crippen molar-refractivity contribution in [3.8, 4) is 17.1 Å². The Balaban J connectivity index is 1.67. The summed E-state index contributed by atoms with van der Waals surface area (Å²) in [5, 5.41) is 3.07. The number of nitrogens with zero attached hydrogens (tertiary/aromatic N) is 1. The summed E-state index contributed by atoms with van der Waals surface area (Å²) in [5.74, 6) is -0.404. The second kappa shape index (κ2) is 8.29. The van der Waals surface area contributed by atoms with Gasteiger partial charge >= 0.3 is 6.03 Å². The summed E-state index contributed by atoms with van der Waals surface area (Å²) >= 11 is 12.2. The highest BCUT2D eigenvalue weighted by atomic mass is 35.5. The molecule has 1 aromatic heterocycles. The SMILES string of the molecule is COc1ccc(N2C(=O)NC(=O)/C(=C/c3ccc(-c4cc(Cl)ccc4Cl)o3)C2=O)cc1. The number of imide groups is 2. The Morgan fingerprint density at radius 1 is 1.00 bits per heavy atom. The topological polar surface area (TPSA) is 88.8 Å². The zero-order chi connectivity index (χ0) is 22.1. The average molecular weight is 457 g/mol. The number of halogens is 2. The molecule has 4 amide bonds. The first-order valence-electron chi connectivity index (χ1n) is 8.98. The van der Waals surface area contributed by atoms with Gasteiger partial charge in [0.15, 0.2) is 0 Å². The number of urea groups is 1. The second-order valence-electron chi connectivity index (χ2n) is 6.48. The number of carbonyl (C=O) groups is 3. The van der Waals surface area contributed by atoms with E-state index in [2.05, 4.69) is 5.32 Å². The quantitative estimate of drug-likeness (QED) is 0.444. The number of anilines is 1. The smallest absolute Gasteiger partial charge is 0.335 e. The van der Waals surface area contributed by atoms with Gasteiger partial charge in [0.2, 0.25) is 0 Å². The van der Waals surface area contributed by atoms with Crippen LogP contribution in [0.1, 0.15) is 5.76 Å². The van der Waals surface area contributed by atoms with E-state index in [1.165, 1.54) is 25.3 Å². The molecule has 2 heterocycles. The number of nitrogens with one attached hydrogen (secondary N) is 1. The zero-order valence-corrected chi connectivity index (χ0v) is 17.5. The van der Waals surface area contributed by atoms with E-state index in [0.29, 0.717) is 27.1 Å². The average Bonchev–Trinajstić information content (AvgIpc) is 3.21. The molecule has 1 aliphatic heterocycles. The predicted molar refractivity (Wildman–Crippen MR) is 116 cm³/mol. The van der Waals surface area contributed by atoms with Crippen molar-refractivity contribution in [2.45, 2.75) is 0 Å². The van der Waals surface area contributed by atoms with Crippen LogP contribution < -0.4 is 15.0 Å². The van der Waals surface area contributed by atoms with Crippen molar-refractivity contribution in [2.24, 2.45) is 0 Å². The number of furan rings is 1. The lowest BCUT2D eigenvalue weighted by molar-refractivity contribution is -0.122. The summed E-state index contributed by atoms with van der Waals surface area (Å²) in [7, 11) is 1.50. The summed E-state index contributed by atoms with van der Waals surface area (Å²) < 4.78 is 10.8. The van der Waals surface area contributed by atoms with Crippen LogP contribution in [-0.2, 0) is 9.59 Å². The number of ether oxygens (including phenoxy) is 1. The van der Waals surface area contributed by atoms with Crippen LogP contribution in [-0.4, -0.2) is 25.0 Å². The third kappa shape index (κ3) is 4.05. The third-order valence-corrected chi connectivity index (χ3v) is 5.10. The molecule has 1 saturated heterocycles. The summed E-state index contributed by atoms with van der Waals surface area (Å²) in [6.45, 7) is 0. The Morgan fingerprint density at radius 2 is 1.74 bits per heavy atom. The van der Waals surface area contributed by atoms with E-state index in [1.807, 2.05) is 0 Å². The highest BCUT2D eigenvalue weighted by Crippen LogP contribution is 2.32. The molecule has 2 aromatic carbocycles. The largest absolute Gasteiger partial charge is 0.497 e. The van der Waals surface area contributed by atoms with E-state index in [9.17, 15) is 14.4 Å². The fourth-order valence-electron chi connectivity index (χ4n) is 3.03. The Morgan fingerprint density at radius 3 is 2.45 bits per heavy atom. The lowest BCUT2D eigenvalue weighted by atomic mass is 10.1. The molecule has 0 saturated carbocycles. The Hall–Kier alpha value is -3.55. The molecule has 1 aliphatic rings. The van der Waals surface area contributed by atoms with Gasteiger partial charge in [-0.1, -0.05) is 23.2 Å². The molecular weight excluding hydrogens is 443 g/mol. The van der Waals surface area contributed by atoms with E-state index in [1.54, 1.807) is 42.5 Å². The maximum Gasteiger partial charge on any atom is 0.335 e. The van der Waals surface area contributed by atoms with Crippen molar-refractivity contribution in [3.05, 3.63) is 76.0 Å². The molecule has 0 bridgehead atoms. The van der Waals surface area contributed by atoms with Gasteiger partial charge in [0.05, 0.1) is 17.8 Å². The Kier molecular flexibility index (Phi) is 5.54. The Labute approximate surface area is 186 Å². The molecule has 9 heteroatoms. The molecule has 0 aliphatic carbocycles. The number of methoxy groups -OCH3 is 1. The minimum atomic E-state index is -0.844. The van der Waals surface area contributed by atoms with E-state index in [4.69, 9.17) is 32.4 Å². The van der Waals surface area contributed by atoms with Crippen LogP contribution in [0.4, 0.5) is 10.5 Å². The number of barbiturate groups is 1. The van der Waals surface area contributed by atoms with Gasteiger partial charge in [0.25, 0.3) is 11.8 Å². The molecule has 0 atom stereocenters. The van der Waals surface area contributed by atoms with Gasteiger partial charge in [-0.25, -0.2) is 9.69 Å². The van der Waals surface area contributed by atoms with E-state index in [0.717, 1.165) is 4.90 Å². The number of rotatable bonds is 4. The highest BCUT2D eigenvalue weighted by Gasteiger charge is 2.37. The van der Waals surface area contributed by atoms with Gasteiger partial charge in [-0.2, -0.15) is 0 Å². The number of amides is 4. The molecule has 0 spiro atoms. The maximum absolute atomic E-state index is 12.9. The number of hydrogen-bond acceptors (Lipinski definition) is 5. The van der Waals surface area contributed by atoms with Gasteiger partial charge in [-0.3, -0.25) is 14.9 Å². The van der Waals surface area contributed by atoms with Crippen LogP contribution in [0.3, 0.4) is 0 Å². The van der Waals surface area contributed by atoms with Gasteiger partial charge in [0.1, 0.15) is 22.8 Å². The molecule has 156 valence electrons. The van der Waals surface area contributed by atoms with Crippen LogP contribution >= 0.6 is 23.2 Å². The van der Waals surface area contributed by atoms with Gasteiger partial charge in [-0.15, -0.1) is 0 Å². The maximum atomic E-state index is 12.9. The Bertz CT molecular complexity index is 1230. The van der Waals surface area contributed by atoms with Crippen molar-refractivity contribution in [3.63, 3.8) is 0 Å². The summed E-state index contributed by atoms with van der Waals surface area (Å²) in [5.41, 5.74) is 0.592. The summed E-state index contributed by atoms with van der Waals surface area (Å²) in [6, 6.07) is 13.6. The second-order valence-corrected chi connectivity index (χ2v) is 7.33. The standard InChI is InChI=1S/C22H14Cl2N2O5/c1-30-14-5-3-13(4-6-14)26-21(28)17(20(27)25-22(26)29)11-15-7-9-19(31-15)16-10-12(23)2-8-18(16)24/h2-11H,1H3,(H,25,27,29)/b17-11-. The van der Waals surface area contributed by atoms with Gasteiger partial charge in [-0.05, 0) is 60.7 Å². The predicted octanol–water partition coefficient (Wildman–Crippen LogP) is 4.93. The van der Waals surface area contributed by atoms with Crippen LogP contribution in [0.2, 0.25) is 10.0 Å². The molecular formula is C22H14Cl2N2O5. The molecule has 1 N–H and O–H groups in total.